The van der Waals surface area contributed by atoms with E-state index in [0.29, 0.717) is 53.8 Å². The molecule has 0 amide bonds. The van der Waals surface area contributed by atoms with Gasteiger partial charge in [-0.25, -0.2) is 23.1 Å². The third-order valence-electron chi connectivity index (χ3n) is 8.70. The van der Waals surface area contributed by atoms with Gasteiger partial charge in [-0.05, 0) is 68.9 Å². The van der Waals surface area contributed by atoms with Crippen LogP contribution < -0.4 is 15.9 Å². The second kappa shape index (κ2) is 10.5. The number of hydrogen-bond donors (Lipinski definition) is 1. The van der Waals surface area contributed by atoms with Crippen LogP contribution in [0.2, 0.25) is 0 Å². The van der Waals surface area contributed by atoms with Gasteiger partial charge in [0.05, 0.1) is 34.0 Å². The summed E-state index contributed by atoms with van der Waals surface area (Å²) in [6.07, 6.45) is 5.66. The van der Waals surface area contributed by atoms with Crippen molar-refractivity contribution in [1.82, 2.24) is 34.6 Å². The monoisotopic (exact) mass is 584 g/mol. The molecule has 222 valence electrons. The summed E-state index contributed by atoms with van der Waals surface area (Å²) in [5.74, 6) is -0.939. The van der Waals surface area contributed by atoms with Gasteiger partial charge >= 0.3 is 5.69 Å². The molecular formula is C32H34F2N8O. The Kier molecular flexibility index (Phi) is 6.72. The summed E-state index contributed by atoms with van der Waals surface area (Å²) < 4.78 is 35.3. The summed E-state index contributed by atoms with van der Waals surface area (Å²) >= 11 is 0. The molecule has 0 aliphatic carbocycles. The van der Waals surface area contributed by atoms with Crippen LogP contribution in [-0.4, -0.2) is 54.5 Å². The van der Waals surface area contributed by atoms with Crippen molar-refractivity contribution in [3.8, 4) is 16.9 Å². The van der Waals surface area contributed by atoms with Crippen molar-refractivity contribution >= 4 is 27.8 Å². The highest BCUT2D eigenvalue weighted by Crippen LogP contribution is 2.37. The SMILES string of the molecule is CC(C)c1nccc2c1-n1c(=O)nc(N3C[C@@H](C)NC[C@@H]3C)c3cc(F)c(nc31)-c1c(F)ccc3cnn(c13)CCCC2. The number of hydrogen-bond acceptors (Lipinski definition) is 7. The van der Waals surface area contributed by atoms with E-state index in [0.717, 1.165) is 24.1 Å². The molecule has 2 bridgehead atoms. The van der Waals surface area contributed by atoms with Crippen molar-refractivity contribution in [2.75, 3.05) is 18.0 Å². The van der Waals surface area contributed by atoms with Gasteiger partial charge in [-0.3, -0.25) is 9.67 Å². The first kappa shape index (κ1) is 27.6. The van der Waals surface area contributed by atoms with Crippen LogP contribution in [0, 0.1) is 11.6 Å². The summed E-state index contributed by atoms with van der Waals surface area (Å²) in [5.41, 5.74) is 2.33. The molecule has 1 fully saturated rings. The molecular weight excluding hydrogens is 550 g/mol. The van der Waals surface area contributed by atoms with Crippen molar-refractivity contribution < 1.29 is 8.78 Å². The first-order valence-electron chi connectivity index (χ1n) is 15.0. The predicted molar refractivity (Wildman–Crippen MR) is 163 cm³/mol. The van der Waals surface area contributed by atoms with E-state index in [1.807, 2.05) is 31.7 Å². The molecule has 2 aliphatic rings. The van der Waals surface area contributed by atoms with Gasteiger partial charge in [0.25, 0.3) is 0 Å². The molecule has 0 saturated carbocycles. The lowest BCUT2D eigenvalue weighted by atomic mass is 10.00. The van der Waals surface area contributed by atoms with Gasteiger partial charge in [-0.15, -0.1) is 0 Å². The molecule has 11 heteroatoms. The number of anilines is 1. The van der Waals surface area contributed by atoms with Gasteiger partial charge in [0.1, 0.15) is 17.3 Å². The van der Waals surface area contributed by atoms with E-state index < -0.39 is 17.3 Å². The van der Waals surface area contributed by atoms with Crippen molar-refractivity contribution in [1.29, 1.82) is 0 Å². The number of pyridine rings is 2. The number of nitrogens with zero attached hydrogens (tertiary/aromatic N) is 7. The average molecular weight is 585 g/mol. The van der Waals surface area contributed by atoms with Crippen molar-refractivity contribution in [2.24, 2.45) is 0 Å². The van der Waals surface area contributed by atoms with E-state index in [2.05, 4.69) is 27.3 Å². The highest BCUT2D eigenvalue weighted by Gasteiger charge is 2.30. The van der Waals surface area contributed by atoms with E-state index in [1.54, 1.807) is 23.1 Å². The standard InChI is InChI=1S/C32H34F2N8O/c1-17(2)26-29-20(10-11-35-26)7-5-6-12-41-28-21(15-37-41)8-9-23(33)25(28)27-24(34)13-22-30(39-32(43)42(29)31(22)38-27)40-16-18(3)36-14-19(40)4/h8-11,13,15,17-19,36H,5-7,12,14,16H2,1-4H3/t18-,19+/m1/s1. The van der Waals surface area contributed by atoms with Gasteiger partial charge in [0.15, 0.2) is 11.5 Å². The molecule has 0 unspecified atom stereocenters. The third kappa shape index (κ3) is 4.48. The normalized spacial score (nSPS) is 19.0. The smallest absolute Gasteiger partial charge is 0.350 e. The van der Waals surface area contributed by atoms with Gasteiger partial charge in [0.2, 0.25) is 0 Å². The lowest BCUT2D eigenvalue weighted by molar-refractivity contribution is 0.423. The zero-order valence-electron chi connectivity index (χ0n) is 24.7. The van der Waals surface area contributed by atoms with Crippen LogP contribution >= 0.6 is 0 Å². The van der Waals surface area contributed by atoms with Crippen LogP contribution in [0.5, 0.6) is 0 Å². The van der Waals surface area contributed by atoms with Gasteiger partial charge in [-0.2, -0.15) is 10.1 Å². The summed E-state index contributed by atoms with van der Waals surface area (Å²) in [7, 11) is 0. The van der Waals surface area contributed by atoms with Crippen LogP contribution in [0.25, 0.3) is 38.9 Å². The van der Waals surface area contributed by atoms with E-state index >= 15 is 8.78 Å². The third-order valence-corrected chi connectivity index (χ3v) is 8.70. The highest BCUT2D eigenvalue weighted by atomic mass is 19.1. The van der Waals surface area contributed by atoms with Crippen molar-refractivity contribution in [2.45, 2.75) is 71.5 Å². The number of rotatable bonds is 2. The molecule has 1 N–H and O–H groups in total. The molecule has 1 saturated heterocycles. The minimum atomic E-state index is -0.693. The number of fused-ring (bicyclic) bond motifs is 4. The zero-order chi connectivity index (χ0) is 30.0. The summed E-state index contributed by atoms with van der Waals surface area (Å²) in [6, 6.07) is 6.39. The van der Waals surface area contributed by atoms with Crippen LogP contribution in [0.1, 0.15) is 57.7 Å². The lowest BCUT2D eigenvalue weighted by Crippen LogP contribution is -2.55. The fourth-order valence-electron chi connectivity index (χ4n) is 6.54. The summed E-state index contributed by atoms with van der Waals surface area (Å²) in [6.45, 7) is 9.94. The van der Waals surface area contributed by atoms with Gasteiger partial charge < -0.3 is 10.2 Å². The lowest BCUT2D eigenvalue weighted by Gasteiger charge is -2.38. The van der Waals surface area contributed by atoms with Gasteiger partial charge in [-0.1, -0.05) is 13.8 Å². The Bertz CT molecular complexity index is 1950. The maximum Gasteiger partial charge on any atom is 0.355 e. The van der Waals surface area contributed by atoms with Crippen molar-refractivity contribution in [3.05, 3.63) is 70.0 Å². The number of aromatic nitrogens is 6. The Balaban J connectivity index is 1.64. The molecule has 5 aromatic rings. The molecule has 2 atom stereocenters. The maximum absolute atomic E-state index is 16.4. The molecule has 1 aromatic carbocycles. The number of nitrogens with one attached hydrogen (secondary N) is 1. The number of piperazine rings is 1. The molecule has 0 spiro atoms. The predicted octanol–water partition coefficient (Wildman–Crippen LogP) is 5.12. The van der Waals surface area contributed by atoms with Crippen LogP contribution in [-0.2, 0) is 13.0 Å². The Morgan fingerprint density at radius 1 is 1.07 bits per heavy atom. The molecule has 4 aromatic heterocycles. The minimum absolute atomic E-state index is 0.000261. The Morgan fingerprint density at radius 2 is 1.91 bits per heavy atom. The minimum Gasteiger partial charge on any atom is -0.350 e. The molecule has 0 radical (unpaired) electrons. The van der Waals surface area contributed by atoms with E-state index in [4.69, 9.17) is 4.98 Å². The molecule has 9 nitrogen and oxygen atoms in total. The van der Waals surface area contributed by atoms with Crippen LogP contribution in [0.4, 0.5) is 14.6 Å². The highest BCUT2D eigenvalue weighted by molar-refractivity contribution is 5.96. The first-order valence-corrected chi connectivity index (χ1v) is 15.0. The van der Waals surface area contributed by atoms with E-state index in [9.17, 15) is 4.79 Å². The first-order chi connectivity index (χ1) is 20.7. The fraction of sp³-hybridized carbons (Fsp3) is 0.406. The zero-order valence-corrected chi connectivity index (χ0v) is 24.7. The van der Waals surface area contributed by atoms with Gasteiger partial charge in [0, 0.05) is 43.3 Å². The molecule has 2 aliphatic heterocycles. The van der Waals surface area contributed by atoms with Crippen LogP contribution in [0.3, 0.4) is 0 Å². The average Bonchev–Trinajstić information content (AvgIpc) is 3.39. The quantitative estimate of drug-likeness (QED) is 0.308. The number of aryl methyl sites for hydroxylation is 2. The number of halogens is 2. The maximum atomic E-state index is 16.4. The topological polar surface area (TPSA) is 93.8 Å². The van der Waals surface area contributed by atoms with E-state index in [1.165, 1.54) is 16.7 Å². The summed E-state index contributed by atoms with van der Waals surface area (Å²) in [4.78, 5) is 30.4. The number of benzene rings is 1. The molecule has 6 heterocycles. The Labute approximate surface area is 247 Å². The molecule has 43 heavy (non-hydrogen) atoms. The Hall–Kier alpha value is -4.25. The second-order valence-corrected chi connectivity index (χ2v) is 12.1. The summed E-state index contributed by atoms with van der Waals surface area (Å²) in [5, 5.41) is 9.05. The van der Waals surface area contributed by atoms with E-state index in [-0.39, 0.29) is 34.9 Å². The van der Waals surface area contributed by atoms with Crippen LogP contribution in [0.15, 0.2) is 41.5 Å². The second-order valence-electron chi connectivity index (χ2n) is 12.1. The largest absolute Gasteiger partial charge is 0.355 e. The fourth-order valence-corrected chi connectivity index (χ4v) is 6.54. The Morgan fingerprint density at radius 3 is 2.72 bits per heavy atom. The van der Waals surface area contributed by atoms with Crippen molar-refractivity contribution in [3.63, 3.8) is 0 Å². The molecule has 7 rings (SSSR count).